The fraction of sp³-hybridized carbons (Fsp3) is 0.500. The van der Waals surface area contributed by atoms with Crippen LogP contribution in [0, 0.1) is 11.3 Å². The Bertz CT molecular complexity index is 428. The first-order chi connectivity index (χ1) is 6.78. The van der Waals surface area contributed by atoms with Gasteiger partial charge in [0.15, 0.2) is 0 Å². The van der Waals surface area contributed by atoms with E-state index in [9.17, 15) is 4.39 Å². The van der Waals surface area contributed by atoms with Crippen molar-refractivity contribution in [3.05, 3.63) is 21.4 Å². The minimum Gasteiger partial charge on any atom is -0.315 e. The van der Waals surface area contributed by atoms with Crippen molar-refractivity contribution >= 4 is 11.3 Å². The summed E-state index contributed by atoms with van der Waals surface area (Å²) in [5, 5.41) is 13.9. The van der Waals surface area contributed by atoms with E-state index in [2.05, 4.69) is 11.4 Å². The van der Waals surface area contributed by atoms with Crippen LogP contribution in [0.25, 0.3) is 0 Å². The van der Waals surface area contributed by atoms with Crippen LogP contribution < -0.4 is 5.32 Å². The van der Waals surface area contributed by atoms with E-state index in [1.165, 1.54) is 11.3 Å². The Labute approximate surface area is 85.4 Å². The molecule has 2 heterocycles. The molecule has 0 radical (unpaired) electrons. The molecular formula is C10H9FN2S. The second-order valence-corrected chi connectivity index (χ2v) is 4.95. The molecule has 14 heavy (non-hydrogen) atoms. The predicted molar refractivity (Wildman–Crippen MR) is 52.2 cm³/mol. The van der Waals surface area contributed by atoms with Gasteiger partial charge in [-0.3, -0.25) is 0 Å². The number of alkyl halides is 1. The fourth-order valence-corrected chi connectivity index (χ4v) is 3.59. The molecule has 1 N–H and O–H groups in total. The lowest BCUT2D eigenvalue weighted by Crippen LogP contribution is -2.60. The molecule has 2 nitrogen and oxygen atoms in total. The molecule has 1 fully saturated rings. The number of hydrogen-bond acceptors (Lipinski definition) is 3. The van der Waals surface area contributed by atoms with E-state index >= 15 is 0 Å². The highest BCUT2D eigenvalue weighted by Crippen LogP contribution is 2.47. The predicted octanol–water partition coefficient (Wildman–Crippen LogP) is 1.35. The first kappa shape index (κ1) is 8.39. The second-order valence-electron chi connectivity index (χ2n) is 3.99. The number of nitrogens with one attached hydrogen (secondary N) is 1. The lowest BCUT2D eigenvalue weighted by atomic mass is 9.74. The van der Waals surface area contributed by atoms with Crippen LogP contribution >= 0.6 is 11.3 Å². The smallest absolute Gasteiger partial charge is 0.117 e. The Morgan fingerprint density at radius 1 is 1.64 bits per heavy atom. The van der Waals surface area contributed by atoms with Crippen LogP contribution in [-0.2, 0) is 11.8 Å². The molecule has 1 atom stereocenters. The number of thiophene rings is 1. The van der Waals surface area contributed by atoms with Gasteiger partial charge in [-0.2, -0.15) is 5.26 Å². The van der Waals surface area contributed by atoms with Gasteiger partial charge in [0.1, 0.15) is 12.2 Å². The molecule has 1 saturated heterocycles. The molecule has 4 heteroatoms. The molecule has 1 aliphatic heterocycles. The molecule has 1 aromatic heterocycles. The maximum absolute atomic E-state index is 13.8. The Morgan fingerprint density at radius 2 is 2.43 bits per heavy atom. The molecule has 0 saturated carbocycles. The van der Waals surface area contributed by atoms with Gasteiger partial charge in [-0.15, -0.1) is 11.3 Å². The third-order valence-corrected chi connectivity index (χ3v) is 4.34. The molecule has 3 rings (SSSR count). The lowest BCUT2D eigenvalue weighted by molar-refractivity contribution is 0.141. The highest BCUT2D eigenvalue weighted by Gasteiger charge is 2.53. The van der Waals surface area contributed by atoms with Gasteiger partial charge in [0.2, 0.25) is 0 Å². The number of rotatable bonds is 0. The number of nitriles is 1. The molecule has 72 valence electrons. The van der Waals surface area contributed by atoms with Crippen LogP contribution in [-0.4, -0.2) is 19.3 Å². The van der Waals surface area contributed by atoms with E-state index in [1.54, 1.807) is 0 Å². The Hall–Kier alpha value is -0.920. The third-order valence-electron chi connectivity index (χ3n) is 3.33. The van der Waals surface area contributed by atoms with Crippen molar-refractivity contribution in [1.82, 2.24) is 5.32 Å². The quantitative estimate of drug-likeness (QED) is 0.698. The van der Waals surface area contributed by atoms with Crippen LogP contribution in [0.5, 0.6) is 0 Å². The zero-order valence-corrected chi connectivity index (χ0v) is 8.33. The summed E-state index contributed by atoms with van der Waals surface area (Å²) >= 11 is 1.53. The second kappa shape index (κ2) is 2.56. The molecule has 1 unspecified atom stereocenters. The summed E-state index contributed by atoms with van der Waals surface area (Å²) in [6.45, 7) is 1.37. The van der Waals surface area contributed by atoms with Gasteiger partial charge >= 0.3 is 0 Å². The molecule has 1 spiro atoms. The van der Waals surface area contributed by atoms with Gasteiger partial charge in [-0.1, -0.05) is 0 Å². The SMILES string of the molecule is N#Cc1csc2c1C1(CNC1)C(F)C2. The van der Waals surface area contributed by atoms with Crippen LogP contribution in [0.1, 0.15) is 16.0 Å². The fourth-order valence-electron chi connectivity index (χ4n) is 2.48. The van der Waals surface area contributed by atoms with E-state index in [0.717, 1.165) is 10.4 Å². The van der Waals surface area contributed by atoms with E-state index in [0.29, 0.717) is 25.1 Å². The first-order valence-corrected chi connectivity index (χ1v) is 5.51. The van der Waals surface area contributed by atoms with E-state index in [1.807, 2.05) is 5.38 Å². The molecule has 0 bridgehead atoms. The van der Waals surface area contributed by atoms with Crippen molar-refractivity contribution in [2.45, 2.75) is 18.0 Å². The van der Waals surface area contributed by atoms with E-state index in [4.69, 9.17) is 5.26 Å². The zero-order chi connectivity index (χ0) is 9.76. The minimum atomic E-state index is -0.793. The minimum absolute atomic E-state index is 0.361. The van der Waals surface area contributed by atoms with Crippen LogP contribution in [0.3, 0.4) is 0 Å². The largest absolute Gasteiger partial charge is 0.315 e. The number of hydrogen-bond donors (Lipinski definition) is 1. The van der Waals surface area contributed by atoms with Crippen molar-refractivity contribution in [1.29, 1.82) is 5.26 Å². The molecule has 1 aromatic rings. The summed E-state index contributed by atoms with van der Waals surface area (Å²) in [5.41, 5.74) is 1.32. The summed E-state index contributed by atoms with van der Waals surface area (Å²) < 4.78 is 13.8. The van der Waals surface area contributed by atoms with Gasteiger partial charge in [0.05, 0.1) is 11.0 Å². The monoisotopic (exact) mass is 208 g/mol. The topological polar surface area (TPSA) is 35.8 Å². The van der Waals surface area contributed by atoms with Crippen molar-refractivity contribution in [3.8, 4) is 6.07 Å². The summed E-state index contributed by atoms with van der Waals surface area (Å²) in [7, 11) is 0. The first-order valence-electron chi connectivity index (χ1n) is 4.64. The van der Waals surface area contributed by atoms with Gasteiger partial charge in [-0.05, 0) is 5.56 Å². The van der Waals surface area contributed by atoms with Gasteiger partial charge in [0, 0.05) is 29.8 Å². The highest BCUT2D eigenvalue weighted by molar-refractivity contribution is 7.10. The van der Waals surface area contributed by atoms with E-state index in [-0.39, 0.29) is 5.41 Å². The lowest BCUT2D eigenvalue weighted by Gasteiger charge is -2.41. The van der Waals surface area contributed by atoms with Crippen molar-refractivity contribution < 1.29 is 4.39 Å². The Balaban J connectivity index is 2.19. The van der Waals surface area contributed by atoms with Crippen molar-refractivity contribution in [3.63, 3.8) is 0 Å². The average Bonchev–Trinajstić information content (AvgIpc) is 2.58. The normalized spacial score (nSPS) is 27.0. The summed E-state index contributed by atoms with van der Waals surface area (Å²) in [6.07, 6.45) is -0.290. The standard InChI is InChI=1S/C10H9FN2S/c11-8-1-7-9(6(2-12)3-14-7)10(8)4-13-5-10/h3,8,13H,1,4-5H2. The Morgan fingerprint density at radius 3 is 3.00 bits per heavy atom. The van der Waals surface area contributed by atoms with Crippen molar-refractivity contribution in [2.24, 2.45) is 0 Å². The zero-order valence-electron chi connectivity index (χ0n) is 7.51. The van der Waals surface area contributed by atoms with E-state index < -0.39 is 6.17 Å². The summed E-state index contributed by atoms with van der Waals surface area (Å²) in [6, 6.07) is 2.17. The molecule has 1 aliphatic carbocycles. The molecule has 2 aliphatic rings. The van der Waals surface area contributed by atoms with Crippen LogP contribution in [0.4, 0.5) is 4.39 Å². The Kier molecular flexibility index (Phi) is 1.53. The number of nitrogens with zero attached hydrogens (tertiary/aromatic N) is 1. The summed E-state index contributed by atoms with van der Waals surface area (Å²) in [5.74, 6) is 0. The maximum Gasteiger partial charge on any atom is 0.117 e. The molecule has 0 amide bonds. The maximum atomic E-state index is 13.8. The van der Waals surface area contributed by atoms with Gasteiger partial charge in [-0.25, -0.2) is 4.39 Å². The van der Waals surface area contributed by atoms with Crippen LogP contribution in [0.15, 0.2) is 5.38 Å². The highest BCUT2D eigenvalue weighted by atomic mass is 32.1. The average molecular weight is 208 g/mol. The summed E-state index contributed by atoms with van der Waals surface area (Å²) in [4.78, 5) is 1.08. The third kappa shape index (κ3) is 0.776. The van der Waals surface area contributed by atoms with Crippen LogP contribution in [0.2, 0.25) is 0 Å². The van der Waals surface area contributed by atoms with Gasteiger partial charge < -0.3 is 5.32 Å². The molecule has 0 aromatic carbocycles. The number of halogens is 1. The molecular weight excluding hydrogens is 199 g/mol. The van der Waals surface area contributed by atoms with Gasteiger partial charge in [0.25, 0.3) is 0 Å². The van der Waals surface area contributed by atoms with Crippen molar-refractivity contribution in [2.75, 3.05) is 13.1 Å². The number of fused-ring (bicyclic) bond motifs is 2.